The maximum Gasteiger partial charge on any atom is 0.0803 e. The Morgan fingerprint density at radius 2 is 2.20 bits per heavy atom. The van der Waals surface area contributed by atoms with E-state index in [4.69, 9.17) is 5.73 Å². The Bertz CT molecular complexity index is 533. The highest BCUT2D eigenvalue weighted by Crippen LogP contribution is 2.23. The molecule has 2 aromatic heterocycles. The first-order chi connectivity index (χ1) is 9.65. The third kappa shape index (κ3) is 3.43. The maximum atomic E-state index is 6.30. The molecule has 0 amide bonds. The molecule has 20 heavy (non-hydrogen) atoms. The van der Waals surface area contributed by atoms with Crippen LogP contribution in [0.15, 0.2) is 12.3 Å². The van der Waals surface area contributed by atoms with Crippen LogP contribution < -0.4 is 5.73 Å². The van der Waals surface area contributed by atoms with E-state index in [0.717, 1.165) is 41.9 Å². The maximum absolute atomic E-state index is 6.30. The Kier molecular flexibility index (Phi) is 5.25. The van der Waals surface area contributed by atoms with Crippen LogP contribution in [0.25, 0.3) is 0 Å². The fourth-order valence-corrected chi connectivity index (χ4v) is 2.84. The Morgan fingerprint density at radius 3 is 2.90 bits per heavy atom. The van der Waals surface area contributed by atoms with Gasteiger partial charge in [0.15, 0.2) is 0 Å². The van der Waals surface area contributed by atoms with E-state index in [1.54, 1.807) is 0 Å². The number of nitrogens with zero attached hydrogens (tertiary/aromatic N) is 4. The minimum atomic E-state index is -0.0585. The predicted octanol–water partition coefficient (Wildman–Crippen LogP) is 2.90. The molecule has 0 bridgehead atoms. The first kappa shape index (κ1) is 15.1. The molecule has 0 spiro atoms. The number of hydrogen-bond acceptors (Lipinski definition) is 5. The van der Waals surface area contributed by atoms with Crippen LogP contribution in [-0.4, -0.2) is 19.4 Å². The van der Waals surface area contributed by atoms with Crippen LogP contribution in [0.5, 0.6) is 0 Å². The van der Waals surface area contributed by atoms with Crippen LogP contribution in [0.2, 0.25) is 0 Å². The molecule has 2 atom stereocenters. The molecule has 2 heterocycles. The SMILES string of the molecule is CCCc1nnsc1C(N)Cc1ccn(C(C)CC)n1. The molecular weight excluding hydrogens is 270 g/mol. The van der Waals surface area contributed by atoms with E-state index >= 15 is 0 Å². The zero-order valence-corrected chi connectivity index (χ0v) is 13.2. The molecule has 0 aliphatic carbocycles. The zero-order chi connectivity index (χ0) is 14.5. The van der Waals surface area contributed by atoms with Crippen LogP contribution in [0.1, 0.15) is 62.0 Å². The summed E-state index contributed by atoms with van der Waals surface area (Å²) < 4.78 is 6.05. The Labute approximate surface area is 124 Å². The van der Waals surface area contributed by atoms with Gasteiger partial charge in [0.05, 0.1) is 16.3 Å². The lowest BCUT2D eigenvalue weighted by Gasteiger charge is -2.10. The first-order valence-electron chi connectivity index (χ1n) is 7.26. The summed E-state index contributed by atoms with van der Waals surface area (Å²) in [4.78, 5) is 1.10. The molecule has 0 saturated carbocycles. The second kappa shape index (κ2) is 6.95. The van der Waals surface area contributed by atoms with Crippen molar-refractivity contribution in [1.29, 1.82) is 0 Å². The second-order valence-electron chi connectivity index (χ2n) is 5.19. The molecule has 2 unspecified atom stereocenters. The summed E-state index contributed by atoms with van der Waals surface area (Å²) in [5, 5.41) is 8.79. The highest BCUT2D eigenvalue weighted by Gasteiger charge is 2.17. The predicted molar refractivity (Wildman–Crippen MR) is 81.8 cm³/mol. The van der Waals surface area contributed by atoms with Crippen LogP contribution in [0.4, 0.5) is 0 Å². The number of aromatic nitrogens is 4. The molecule has 0 saturated heterocycles. The number of hydrogen-bond donors (Lipinski definition) is 1. The lowest BCUT2D eigenvalue weighted by molar-refractivity contribution is 0.472. The van der Waals surface area contributed by atoms with Crippen LogP contribution in [-0.2, 0) is 12.8 Å². The lowest BCUT2D eigenvalue weighted by atomic mass is 10.1. The number of rotatable bonds is 7. The van der Waals surface area contributed by atoms with Gasteiger partial charge in [-0.2, -0.15) is 5.10 Å². The van der Waals surface area contributed by atoms with Gasteiger partial charge in [0.1, 0.15) is 0 Å². The van der Waals surface area contributed by atoms with Gasteiger partial charge in [-0.3, -0.25) is 4.68 Å². The van der Waals surface area contributed by atoms with Gasteiger partial charge in [-0.15, -0.1) is 5.10 Å². The van der Waals surface area contributed by atoms with Crippen molar-refractivity contribution in [2.24, 2.45) is 5.73 Å². The van der Waals surface area contributed by atoms with Crippen molar-refractivity contribution in [3.63, 3.8) is 0 Å². The van der Waals surface area contributed by atoms with Gasteiger partial charge in [0.25, 0.3) is 0 Å². The average molecular weight is 293 g/mol. The molecule has 5 nitrogen and oxygen atoms in total. The third-order valence-electron chi connectivity index (χ3n) is 3.54. The molecule has 0 aliphatic heterocycles. The van der Waals surface area contributed by atoms with E-state index in [1.807, 2.05) is 10.9 Å². The Morgan fingerprint density at radius 1 is 1.40 bits per heavy atom. The van der Waals surface area contributed by atoms with E-state index in [2.05, 4.69) is 41.5 Å². The summed E-state index contributed by atoms with van der Waals surface area (Å²) in [6.45, 7) is 6.48. The molecule has 6 heteroatoms. The monoisotopic (exact) mass is 293 g/mol. The van der Waals surface area contributed by atoms with E-state index in [9.17, 15) is 0 Å². The molecule has 0 aromatic carbocycles. The van der Waals surface area contributed by atoms with Gasteiger partial charge >= 0.3 is 0 Å². The second-order valence-corrected chi connectivity index (χ2v) is 5.97. The van der Waals surface area contributed by atoms with Crippen molar-refractivity contribution in [1.82, 2.24) is 19.4 Å². The molecular formula is C14H23N5S. The molecule has 0 fully saturated rings. The standard InChI is InChI=1S/C14H23N5S/c1-4-6-13-14(20-18-16-13)12(15)9-11-7-8-19(17-11)10(3)5-2/h7-8,10,12H,4-6,9,15H2,1-3H3. The van der Waals surface area contributed by atoms with E-state index in [1.165, 1.54) is 11.5 Å². The van der Waals surface area contributed by atoms with Crippen LogP contribution in [0, 0.1) is 0 Å². The minimum absolute atomic E-state index is 0.0585. The molecule has 110 valence electrons. The van der Waals surface area contributed by atoms with Crippen molar-refractivity contribution in [2.75, 3.05) is 0 Å². The van der Waals surface area contributed by atoms with Crippen LogP contribution >= 0.6 is 11.5 Å². The van der Waals surface area contributed by atoms with Gasteiger partial charge in [0, 0.05) is 24.7 Å². The van der Waals surface area contributed by atoms with Gasteiger partial charge in [-0.25, -0.2) is 0 Å². The van der Waals surface area contributed by atoms with Gasteiger partial charge in [-0.05, 0) is 37.4 Å². The van der Waals surface area contributed by atoms with Crippen molar-refractivity contribution < 1.29 is 0 Å². The van der Waals surface area contributed by atoms with E-state index in [0.29, 0.717) is 6.04 Å². The quantitative estimate of drug-likeness (QED) is 0.852. The summed E-state index contributed by atoms with van der Waals surface area (Å²) in [5.41, 5.74) is 8.38. The fraction of sp³-hybridized carbons (Fsp3) is 0.643. The minimum Gasteiger partial charge on any atom is -0.323 e. The molecule has 2 aromatic rings. The fourth-order valence-electron chi connectivity index (χ4n) is 2.14. The largest absolute Gasteiger partial charge is 0.323 e. The van der Waals surface area contributed by atoms with Crippen LogP contribution in [0.3, 0.4) is 0 Å². The average Bonchev–Trinajstić information content (AvgIpc) is 3.07. The summed E-state index contributed by atoms with van der Waals surface area (Å²) in [6.07, 6.45) is 5.86. The molecule has 2 N–H and O–H groups in total. The highest BCUT2D eigenvalue weighted by molar-refractivity contribution is 7.05. The molecule has 2 rings (SSSR count). The van der Waals surface area contributed by atoms with Crippen molar-refractivity contribution in [3.05, 3.63) is 28.5 Å². The lowest BCUT2D eigenvalue weighted by Crippen LogP contribution is -2.15. The normalized spacial score (nSPS) is 14.4. The van der Waals surface area contributed by atoms with Gasteiger partial charge in [-0.1, -0.05) is 24.8 Å². The zero-order valence-electron chi connectivity index (χ0n) is 12.4. The van der Waals surface area contributed by atoms with Gasteiger partial charge < -0.3 is 5.73 Å². The summed E-state index contributed by atoms with van der Waals surface area (Å²) in [7, 11) is 0. The van der Waals surface area contributed by atoms with E-state index < -0.39 is 0 Å². The summed E-state index contributed by atoms with van der Waals surface area (Å²) in [6, 6.07) is 2.43. The molecule has 0 radical (unpaired) electrons. The third-order valence-corrected chi connectivity index (χ3v) is 4.44. The summed E-state index contributed by atoms with van der Waals surface area (Å²) in [5.74, 6) is 0. The van der Waals surface area contributed by atoms with E-state index in [-0.39, 0.29) is 6.04 Å². The van der Waals surface area contributed by atoms with Crippen molar-refractivity contribution >= 4 is 11.5 Å². The Hall–Kier alpha value is -1.27. The topological polar surface area (TPSA) is 69.6 Å². The molecule has 0 aliphatic rings. The van der Waals surface area contributed by atoms with Crippen molar-refractivity contribution in [2.45, 2.75) is 58.5 Å². The van der Waals surface area contributed by atoms with Gasteiger partial charge in [0.2, 0.25) is 0 Å². The number of aryl methyl sites for hydroxylation is 1. The Balaban J connectivity index is 2.05. The highest BCUT2D eigenvalue weighted by atomic mass is 32.1. The van der Waals surface area contributed by atoms with Crippen molar-refractivity contribution in [3.8, 4) is 0 Å². The number of nitrogens with two attached hydrogens (primary N) is 1. The summed E-state index contributed by atoms with van der Waals surface area (Å²) >= 11 is 1.41. The smallest absolute Gasteiger partial charge is 0.0803 e. The first-order valence-corrected chi connectivity index (χ1v) is 8.03.